The summed E-state index contributed by atoms with van der Waals surface area (Å²) >= 11 is 6.51. The van der Waals surface area contributed by atoms with E-state index in [-0.39, 0.29) is 16.4 Å². The molecule has 3 aromatic carbocycles. The van der Waals surface area contributed by atoms with Gasteiger partial charge in [-0.15, -0.1) is 0 Å². The average Bonchev–Trinajstić information content (AvgIpc) is 2.87. The molecule has 0 amide bonds. The number of aryl methyl sites for hydroxylation is 2. The van der Waals surface area contributed by atoms with Gasteiger partial charge >= 0.3 is 0 Å². The first-order chi connectivity index (χ1) is 16.5. The highest BCUT2D eigenvalue weighted by Crippen LogP contribution is 2.27. The molecule has 6 nitrogen and oxygen atoms in total. The molecule has 0 aliphatic rings. The molecule has 0 aliphatic heterocycles. The molecular formula is C27H22ClN3O3. The lowest BCUT2D eigenvalue weighted by Crippen LogP contribution is -2.30. The molecule has 34 heavy (non-hydrogen) atoms. The Morgan fingerprint density at radius 3 is 2.38 bits per heavy atom. The fourth-order valence-electron chi connectivity index (χ4n) is 4.28. The monoisotopic (exact) mass is 471 g/mol. The minimum atomic E-state index is -0.375. The average molecular weight is 472 g/mol. The number of pyridine rings is 1. The van der Waals surface area contributed by atoms with Crippen molar-refractivity contribution in [3.8, 4) is 17.1 Å². The quantitative estimate of drug-likeness (QED) is 0.345. The van der Waals surface area contributed by atoms with Crippen LogP contribution in [0.15, 0.2) is 82.4 Å². The fourth-order valence-corrected chi connectivity index (χ4v) is 4.50. The van der Waals surface area contributed by atoms with E-state index in [0.717, 1.165) is 11.3 Å². The number of hydrogen-bond acceptors (Lipinski definition) is 4. The highest BCUT2D eigenvalue weighted by molar-refractivity contribution is 6.33. The number of fused-ring (bicyclic) bond motifs is 2. The summed E-state index contributed by atoms with van der Waals surface area (Å²) in [5.41, 5.74) is 2.03. The number of hydrogen-bond donors (Lipinski definition) is 0. The molecule has 5 rings (SSSR count). The summed E-state index contributed by atoms with van der Waals surface area (Å²) in [5, 5.41) is 1.05. The molecule has 0 N–H and O–H groups in total. The van der Waals surface area contributed by atoms with Crippen LogP contribution < -0.4 is 15.7 Å². The molecule has 7 heteroatoms. The van der Waals surface area contributed by atoms with Gasteiger partial charge in [0.25, 0.3) is 5.56 Å². The second-order valence-electron chi connectivity index (χ2n) is 8.07. The molecule has 2 heterocycles. The molecular weight excluding hydrogens is 450 g/mol. The van der Waals surface area contributed by atoms with Gasteiger partial charge in [-0.3, -0.25) is 14.2 Å². The van der Waals surface area contributed by atoms with E-state index in [1.165, 1.54) is 0 Å². The number of benzene rings is 3. The summed E-state index contributed by atoms with van der Waals surface area (Å²) in [6.07, 6.45) is 0.572. The summed E-state index contributed by atoms with van der Waals surface area (Å²) in [6.45, 7) is 0.338. The van der Waals surface area contributed by atoms with Crippen LogP contribution in [0.5, 0.6) is 5.75 Å². The van der Waals surface area contributed by atoms with Crippen molar-refractivity contribution in [2.24, 2.45) is 7.05 Å². The summed E-state index contributed by atoms with van der Waals surface area (Å²) in [6, 6.07) is 22.2. The minimum absolute atomic E-state index is 0.0757. The maximum atomic E-state index is 13.8. The van der Waals surface area contributed by atoms with Crippen molar-refractivity contribution in [1.29, 1.82) is 0 Å². The maximum absolute atomic E-state index is 13.8. The third-order valence-corrected chi connectivity index (χ3v) is 6.43. The van der Waals surface area contributed by atoms with E-state index < -0.39 is 0 Å². The Morgan fingerprint density at radius 1 is 0.941 bits per heavy atom. The smallest absolute Gasteiger partial charge is 0.267 e. The number of rotatable bonds is 5. The molecule has 170 valence electrons. The van der Waals surface area contributed by atoms with Gasteiger partial charge in [0.15, 0.2) is 5.65 Å². The molecule has 0 saturated carbocycles. The zero-order valence-electron chi connectivity index (χ0n) is 18.8. The van der Waals surface area contributed by atoms with Gasteiger partial charge in [0.2, 0.25) is 5.43 Å². The maximum Gasteiger partial charge on any atom is 0.267 e. The van der Waals surface area contributed by atoms with Crippen LogP contribution in [-0.2, 0) is 20.0 Å². The SMILES string of the molecule is COc1ccc(CCn2c(-c3ccccc3Cl)nc3c(c(=O)c4ccccc4n3C)c2=O)cc1. The van der Waals surface area contributed by atoms with Crippen molar-refractivity contribution < 1.29 is 4.74 Å². The van der Waals surface area contributed by atoms with Crippen LogP contribution >= 0.6 is 11.6 Å². The summed E-state index contributed by atoms with van der Waals surface area (Å²) in [4.78, 5) is 32.0. The molecule has 0 fully saturated rings. The Hall–Kier alpha value is -3.90. The molecule has 0 spiro atoms. The fraction of sp³-hybridized carbons (Fsp3) is 0.148. The Kier molecular flexibility index (Phi) is 5.67. The summed E-state index contributed by atoms with van der Waals surface area (Å²) < 4.78 is 8.58. The molecule has 0 unspecified atom stereocenters. The van der Waals surface area contributed by atoms with Crippen LogP contribution in [0.4, 0.5) is 0 Å². The van der Waals surface area contributed by atoms with E-state index in [4.69, 9.17) is 21.3 Å². The molecule has 0 aliphatic carbocycles. The normalized spacial score (nSPS) is 11.3. The molecule has 0 bridgehead atoms. The highest BCUT2D eigenvalue weighted by atomic mass is 35.5. The first-order valence-corrected chi connectivity index (χ1v) is 11.3. The van der Waals surface area contributed by atoms with Crippen molar-refractivity contribution in [1.82, 2.24) is 14.1 Å². The lowest BCUT2D eigenvalue weighted by atomic mass is 10.1. The number of halogens is 1. The molecule has 0 saturated heterocycles. The number of para-hydroxylation sites is 1. The predicted octanol–water partition coefficient (Wildman–Crippen LogP) is 4.82. The van der Waals surface area contributed by atoms with Crippen molar-refractivity contribution in [2.75, 3.05) is 7.11 Å². The van der Waals surface area contributed by atoms with Crippen LogP contribution in [0.1, 0.15) is 5.56 Å². The van der Waals surface area contributed by atoms with E-state index in [0.29, 0.717) is 45.9 Å². The Morgan fingerprint density at radius 2 is 1.65 bits per heavy atom. The van der Waals surface area contributed by atoms with E-state index in [1.54, 1.807) is 34.4 Å². The van der Waals surface area contributed by atoms with E-state index >= 15 is 0 Å². The van der Waals surface area contributed by atoms with Gasteiger partial charge < -0.3 is 9.30 Å². The topological polar surface area (TPSA) is 66.1 Å². The number of ether oxygens (including phenoxy) is 1. The van der Waals surface area contributed by atoms with Gasteiger partial charge in [-0.25, -0.2) is 4.98 Å². The Balaban J connectivity index is 1.77. The standard InChI is InChI=1S/C27H22ClN3O3/c1-30-22-10-6-4-8-20(22)24(32)23-26(30)29-25(19-7-3-5-9-21(19)28)31(27(23)33)16-15-17-11-13-18(34-2)14-12-17/h3-14H,15-16H2,1-2H3. The largest absolute Gasteiger partial charge is 0.497 e. The minimum Gasteiger partial charge on any atom is -0.497 e. The molecule has 2 aromatic heterocycles. The summed E-state index contributed by atoms with van der Waals surface area (Å²) in [7, 11) is 3.43. The molecule has 0 atom stereocenters. The van der Waals surface area contributed by atoms with Crippen molar-refractivity contribution >= 4 is 33.5 Å². The summed E-state index contributed by atoms with van der Waals surface area (Å²) in [5.74, 6) is 1.20. The number of aromatic nitrogens is 3. The van der Waals surface area contributed by atoms with E-state index in [9.17, 15) is 9.59 Å². The first-order valence-electron chi connectivity index (χ1n) is 10.9. The van der Waals surface area contributed by atoms with Gasteiger partial charge in [-0.1, -0.05) is 48.0 Å². The number of nitrogens with zero attached hydrogens (tertiary/aromatic N) is 3. The first kappa shape index (κ1) is 21.9. The number of methoxy groups -OCH3 is 1. The van der Waals surface area contributed by atoms with Crippen molar-refractivity contribution in [3.63, 3.8) is 0 Å². The zero-order valence-corrected chi connectivity index (χ0v) is 19.5. The third kappa shape index (κ3) is 3.66. The van der Waals surface area contributed by atoms with Crippen LogP contribution in [0, 0.1) is 0 Å². The second-order valence-corrected chi connectivity index (χ2v) is 8.48. The van der Waals surface area contributed by atoms with Gasteiger partial charge in [0.1, 0.15) is 17.0 Å². The van der Waals surface area contributed by atoms with Gasteiger partial charge in [0, 0.05) is 24.5 Å². The van der Waals surface area contributed by atoms with Crippen molar-refractivity contribution in [3.05, 3.63) is 104 Å². The predicted molar refractivity (Wildman–Crippen MR) is 136 cm³/mol. The zero-order chi connectivity index (χ0) is 23.8. The Bertz CT molecular complexity index is 1650. The molecule has 5 aromatic rings. The Labute approximate surface area is 200 Å². The highest BCUT2D eigenvalue weighted by Gasteiger charge is 2.20. The molecule has 0 radical (unpaired) electrons. The van der Waals surface area contributed by atoms with E-state index in [2.05, 4.69) is 0 Å². The van der Waals surface area contributed by atoms with Crippen LogP contribution in [0.3, 0.4) is 0 Å². The van der Waals surface area contributed by atoms with Crippen molar-refractivity contribution in [2.45, 2.75) is 13.0 Å². The van der Waals surface area contributed by atoms with Gasteiger partial charge in [-0.05, 0) is 48.4 Å². The van der Waals surface area contributed by atoms with Crippen LogP contribution in [-0.4, -0.2) is 21.2 Å². The van der Waals surface area contributed by atoms with Crippen LogP contribution in [0.25, 0.3) is 33.3 Å². The third-order valence-electron chi connectivity index (χ3n) is 6.10. The van der Waals surface area contributed by atoms with Gasteiger partial charge in [0.05, 0.1) is 17.6 Å². The lowest BCUT2D eigenvalue weighted by Gasteiger charge is -2.17. The van der Waals surface area contributed by atoms with Gasteiger partial charge in [-0.2, -0.15) is 0 Å². The second kappa shape index (κ2) is 8.80. The lowest BCUT2D eigenvalue weighted by molar-refractivity contribution is 0.414. The van der Waals surface area contributed by atoms with E-state index in [1.807, 2.05) is 61.6 Å². The van der Waals surface area contributed by atoms with Crippen LogP contribution in [0.2, 0.25) is 5.02 Å².